The first-order valence-corrected chi connectivity index (χ1v) is 8.34. The first kappa shape index (κ1) is 17.3. The van der Waals surface area contributed by atoms with Crippen molar-refractivity contribution >= 4 is 11.8 Å². The molecule has 23 heavy (non-hydrogen) atoms. The lowest BCUT2D eigenvalue weighted by molar-refractivity contribution is -0.139. The number of benzene rings is 1. The Morgan fingerprint density at radius 3 is 2.30 bits per heavy atom. The van der Waals surface area contributed by atoms with Crippen LogP contribution in [0.3, 0.4) is 0 Å². The molecule has 2 amide bonds. The van der Waals surface area contributed by atoms with Crippen LogP contribution in [0, 0.1) is 5.92 Å². The largest absolute Gasteiger partial charge is 0.497 e. The number of hydrogen-bond donors (Lipinski definition) is 2. The van der Waals surface area contributed by atoms with Crippen molar-refractivity contribution in [2.75, 3.05) is 7.11 Å². The Hall–Kier alpha value is -2.04. The predicted octanol–water partition coefficient (Wildman–Crippen LogP) is 2.40. The molecular formula is C18H26N2O3. The highest BCUT2D eigenvalue weighted by atomic mass is 16.5. The molecule has 1 aliphatic carbocycles. The van der Waals surface area contributed by atoms with Gasteiger partial charge < -0.3 is 15.4 Å². The van der Waals surface area contributed by atoms with Gasteiger partial charge in [0.15, 0.2) is 0 Å². The van der Waals surface area contributed by atoms with Crippen LogP contribution in [0.5, 0.6) is 5.75 Å². The second-order valence-electron chi connectivity index (χ2n) is 6.13. The zero-order valence-corrected chi connectivity index (χ0v) is 13.9. The van der Waals surface area contributed by atoms with E-state index in [-0.39, 0.29) is 6.04 Å². The number of carbonyl (C=O) groups is 2. The molecule has 0 aliphatic heterocycles. The number of methoxy groups -OCH3 is 1. The Kier molecular flexibility index (Phi) is 6.44. The highest BCUT2D eigenvalue weighted by molar-refractivity contribution is 6.35. The summed E-state index contributed by atoms with van der Waals surface area (Å²) >= 11 is 0. The van der Waals surface area contributed by atoms with Crippen LogP contribution in [0.2, 0.25) is 0 Å². The van der Waals surface area contributed by atoms with Crippen LogP contribution in [0.25, 0.3) is 0 Å². The fraction of sp³-hybridized carbons (Fsp3) is 0.556. The lowest BCUT2D eigenvalue weighted by atomic mass is 9.84. The topological polar surface area (TPSA) is 67.4 Å². The van der Waals surface area contributed by atoms with Gasteiger partial charge in [-0.1, -0.05) is 25.5 Å². The molecule has 1 aromatic carbocycles. The van der Waals surface area contributed by atoms with Gasteiger partial charge in [0.2, 0.25) is 0 Å². The summed E-state index contributed by atoms with van der Waals surface area (Å²) in [6.07, 6.45) is 5.40. The van der Waals surface area contributed by atoms with Crippen molar-refractivity contribution in [1.29, 1.82) is 0 Å². The molecule has 5 heteroatoms. The molecule has 2 rings (SSSR count). The van der Waals surface area contributed by atoms with Crippen molar-refractivity contribution in [1.82, 2.24) is 10.6 Å². The van der Waals surface area contributed by atoms with E-state index in [1.54, 1.807) is 7.11 Å². The smallest absolute Gasteiger partial charge is 0.309 e. The Morgan fingerprint density at radius 2 is 1.74 bits per heavy atom. The Morgan fingerprint density at radius 1 is 1.09 bits per heavy atom. The zero-order chi connectivity index (χ0) is 16.7. The lowest BCUT2D eigenvalue weighted by Gasteiger charge is -2.28. The molecule has 1 aliphatic rings. The van der Waals surface area contributed by atoms with Gasteiger partial charge >= 0.3 is 11.8 Å². The summed E-state index contributed by atoms with van der Waals surface area (Å²) in [5.41, 5.74) is 0.926. The number of amides is 2. The molecule has 0 aromatic heterocycles. The highest BCUT2D eigenvalue weighted by Gasteiger charge is 2.23. The van der Waals surface area contributed by atoms with Crippen LogP contribution in [0.1, 0.15) is 44.6 Å². The molecule has 0 heterocycles. The third-order valence-electron chi connectivity index (χ3n) is 4.58. The summed E-state index contributed by atoms with van der Waals surface area (Å²) in [5.74, 6) is 0.435. The minimum absolute atomic E-state index is 0.136. The van der Waals surface area contributed by atoms with E-state index in [2.05, 4.69) is 17.6 Å². The molecule has 1 aromatic rings. The molecule has 0 spiro atoms. The predicted molar refractivity (Wildman–Crippen MR) is 89.0 cm³/mol. The number of hydrogen-bond acceptors (Lipinski definition) is 3. The summed E-state index contributed by atoms with van der Waals surface area (Å²) in [7, 11) is 1.61. The third kappa shape index (κ3) is 5.27. The van der Waals surface area contributed by atoms with Crippen LogP contribution in [0.15, 0.2) is 24.3 Å². The van der Waals surface area contributed by atoms with E-state index in [0.29, 0.717) is 6.54 Å². The van der Waals surface area contributed by atoms with Crippen molar-refractivity contribution in [2.24, 2.45) is 5.92 Å². The van der Waals surface area contributed by atoms with Gasteiger partial charge in [-0.25, -0.2) is 0 Å². The molecule has 1 saturated carbocycles. The van der Waals surface area contributed by atoms with E-state index in [9.17, 15) is 9.59 Å². The fourth-order valence-electron chi connectivity index (χ4n) is 2.97. The monoisotopic (exact) mass is 318 g/mol. The highest BCUT2D eigenvalue weighted by Crippen LogP contribution is 2.26. The maximum atomic E-state index is 11.9. The molecule has 0 saturated heterocycles. The first-order chi connectivity index (χ1) is 11.1. The van der Waals surface area contributed by atoms with Crippen LogP contribution in [0.4, 0.5) is 0 Å². The molecule has 2 N–H and O–H groups in total. The zero-order valence-electron chi connectivity index (χ0n) is 13.9. The Balaban J connectivity index is 1.73. The normalized spacial score (nSPS) is 20.6. The van der Waals surface area contributed by atoms with E-state index in [0.717, 1.165) is 42.9 Å². The second kappa shape index (κ2) is 8.56. The van der Waals surface area contributed by atoms with Gasteiger partial charge in [0.1, 0.15) is 5.75 Å². The minimum Gasteiger partial charge on any atom is -0.497 e. The standard InChI is InChI=1S/C18H26N2O3/c1-3-13-4-8-15(9-5-13)20-18(22)17(21)19-12-14-6-10-16(23-2)11-7-14/h6-7,10-11,13,15H,3-5,8-9,12H2,1-2H3,(H,19,21)(H,20,22). The van der Waals surface area contributed by atoms with Gasteiger partial charge in [0, 0.05) is 12.6 Å². The van der Waals surface area contributed by atoms with Gasteiger partial charge in [0.25, 0.3) is 0 Å². The van der Waals surface area contributed by atoms with Gasteiger partial charge in [-0.3, -0.25) is 9.59 Å². The molecule has 0 unspecified atom stereocenters. The molecule has 0 radical (unpaired) electrons. The third-order valence-corrected chi connectivity index (χ3v) is 4.58. The Bertz CT molecular complexity index is 520. The van der Waals surface area contributed by atoms with E-state index in [4.69, 9.17) is 4.74 Å². The average molecular weight is 318 g/mol. The number of nitrogens with one attached hydrogen (secondary N) is 2. The summed E-state index contributed by atoms with van der Waals surface area (Å²) in [5, 5.41) is 5.50. The van der Waals surface area contributed by atoms with Gasteiger partial charge in [-0.2, -0.15) is 0 Å². The van der Waals surface area contributed by atoms with Crippen molar-refractivity contribution < 1.29 is 14.3 Å². The number of carbonyl (C=O) groups excluding carboxylic acids is 2. The second-order valence-corrected chi connectivity index (χ2v) is 6.13. The molecule has 5 nitrogen and oxygen atoms in total. The maximum Gasteiger partial charge on any atom is 0.309 e. The van der Waals surface area contributed by atoms with Crippen molar-refractivity contribution in [2.45, 2.75) is 51.6 Å². The molecule has 0 bridgehead atoms. The van der Waals surface area contributed by atoms with Crippen LogP contribution in [-0.4, -0.2) is 25.0 Å². The summed E-state index contributed by atoms with van der Waals surface area (Å²) < 4.78 is 5.08. The van der Waals surface area contributed by atoms with Crippen molar-refractivity contribution in [3.05, 3.63) is 29.8 Å². The molecular weight excluding hydrogens is 292 g/mol. The van der Waals surface area contributed by atoms with E-state index >= 15 is 0 Å². The molecule has 1 fully saturated rings. The summed E-state index contributed by atoms with van der Waals surface area (Å²) in [4.78, 5) is 23.8. The molecule has 126 valence electrons. The molecule has 0 atom stereocenters. The van der Waals surface area contributed by atoms with Crippen LogP contribution in [-0.2, 0) is 16.1 Å². The van der Waals surface area contributed by atoms with E-state index in [1.165, 1.54) is 6.42 Å². The number of ether oxygens (including phenoxy) is 1. The summed E-state index contributed by atoms with van der Waals surface area (Å²) in [6.45, 7) is 2.54. The van der Waals surface area contributed by atoms with Crippen molar-refractivity contribution in [3.63, 3.8) is 0 Å². The van der Waals surface area contributed by atoms with E-state index < -0.39 is 11.8 Å². The van der Waals surface area contributed by atoms with Gasteiger partial charge in [-0.15, -0.1) is 0 Å². The van der Waals surface area contributed by atoms with Crippen molar-refractivity contribution in [3.8, 4) is 5.75 Å². The first-order valence-electron chi connectivity index (χ1n) is 8.34. The SMILES string of the molecule is CCC1CCC(NC(=O)C(=O)NCc2ccc(OC)cc2)CC1. The average Bonchev–Trinajstić information content (AvgIpc) is 2.60. The van der Waals surface area contributed by atoms with Gasteiger partial charge in [-0.05, 0) is 49.3 Å². The van der Waals surface area contributed by atoms with Gasteiger partial charge in [0.05, 0.1) is 7.11 Å². The van der Waals surface area contributed by atoms with E-state index in [1.807, 2.05) is 24.3 Å². The number of rotatable bonds is 5. The quantitative estimate of drug-likeness (QED) is 0.819. The minimum atomic E-state index is -0.571. The fourth-order valence-corrected chi connectivity index (χ4v) is 2.97. The summed E-state index contributed by atoms with van der Waals surface area (Å²) in [6, 6.07) is 7.52. The van der Waals surface area contributed by atoms with Crippen LogP contribution < -0.4 is 15.4 Å². The van der Waals surface area contributed by atoms with Crippen LogP contribution >= 0.6 is 0 Å². The Labute approximate surface area is 137 Å². The maximum absolute atomic E-state index is 11.9. The lowest BCUT2D eigenvalue weighted by Crippen LogP contribution is -2.45.